The Balaban J connectivity index is 1.74. The van der Waals surface area contributed by atoms with Crippen LogP contribution in [-0.2, 0) is 0 Å². The Hall–Kier alpha value is 0.270. The molecule has 1 aliphatic carbocycles. The quantitative estimate of drug-likeness (QED) is 0.800. The minimum atomic E-state index is 0.482. The van der Waals surface area contributed by atoms with Crippen LogP contribution in [0.25, 0.3) is 0 Å². The van der Waals surface area contributed by atoms with Crippen molar-refractivity contribution in [2.75, 3.05) is 25.1 Å². The van der Waals surface area contributed by atoms with Crippen LogP contribution in [0, 0.1) is 5.92 Å². The molecule has 0 aromatic rings. The summed E-state index contributed by atoms with van der Waals surface area (Å²) in [6.07, 6.45) is 6.64. The zero-order chi connectivity index (χ0) is 10.7. The molecule has 2 N–H and O–H groups in total. The number of rotatable bonds is 3. The molecule has 2 rings (SSSR count). The molecule has 2 aliphatic rings. The van der Waals surface area contributed by atoms with Gasteiger partial charge in [0.15, 0.2) is 0 Å². The van der Waals surface area contributed by atoms with E-state index in [1.807, 2.05) is 0 Å². The van der Waals surface area contributed by atoms with E-state index in [2.05, 4.69) is 23.7 Å². The monoisotopic (exact) mass is 228 g/mol. The van der Waals surface area contributed by atoms with Gasteiger partial charge in [-0.05, 0) is 44.4 Å². The van der Waals surface area contributed by atoms with Crippen molar-refractivity contribution in [2.45, 2.75) is 44.2 Å². The fourth-order valence-electron chi connectivity index (χ4n) is 2.92. The average Bonchev–Trinajstić information content (AvgIpc) is 2.70. The predicted octanol–water partition coefficient (Wildman–Crippen LogP) is 1.94. The first-order valence-electron chi connectivity index (χ1n) is 6.29. The number of hydrogen-bond acceptors (Lipinski definition) is 3. The van der Waals surface area contributed by atoms with Gasteiger partial charge in [0.1, 0.15) is 0 Å². The molecule has 0 amide bonds. The molecule has 2 fully saturated rings. The SMILES string of the molecule is CN(CC1CCCC(N)C1)C1CCSC1. The average molecular weight is 228 g/mol. The van der Waals surface area contributed by atoms with Gasteiger partial charge in [0, 0.05) is 24.4 Å². The summed E-state index contributed by atoms with van der Waals surface area (Å²) < 4.78 is 0. The second-order valence-electron chi connectivity index (χ2n) is 5.25. The second-order valence-corrected chi connectivity index (χ2v) is 6.40. The van der Waals surface area contributed by atoms with E-state index in [0.717, 1.165) is 12.0 Å². The normalized spacial score (nSPS) is 37.4. The van der Waals surface area contributed by atoms with Gasteiger partial charge in [-0.3, -0.25) is 0 Å². The molecule has 1 heterocycles. The molecular formula is C12H24N2S. The molecule has 0 spiro atoms. The first kappa shape index (κ1) is 11.7. The molecule has 0 aromatic heterocycles. The number of nitrogens with zero attached hydrogens (tertiary/aromatic N) is 1. The van der Waals surface area contributed by atoms with Crippen molar-refractivity contribution in [3.63, 3.8) is 0 Å². The van der Waals surface area contributed by atoms with Crippen molar-refractivity contribution in [3.05, 3.63) is 0 Å². The molecule has 2 nitrogen and oxygen atoms in total. The van der Waals surface area contributed by atoms with E-state index >= 15 is 0 Å². The van der Waals surface area contributed by atoms with Crippen LogP contribution in [0.4, 0.5) is 0 Å². The third-order valence-corrected chi connectivity index (χ3v) is 5.04. The third kappa shape index (κ3) is 3.36. The Morgan fingerprint density at radius 2 is 2.20 bits per heavy atom. The third-order valence-electron chi connectivity index (χ3n) is 3.90. The van der Waals surface area contributed by atoms with E-state index in [-0.39, 0.29) is 0 Å². The maximum Gasteiger partial charge on any atom is 0.0191 e. The van der Waals surface area contributed by atoms with E-state index in [0.29, 0.717) is 6.04 Å². The summed E-state index contributed by atoms with van der Waals surface area (Å²) in [5.41, 5.74) is 6.03. The summed E-state index contributed by atoms with van der Waals surface area (Å²) in [5, 5.41) is 0. The van der Waals surface area contributed by atoms with Gasteiger partial charge in [-0.25, -0.2) is 0 Å². The van der Waals surface area contributed by atoms with Crippen LogP contribution in [0.2, 0.25) is 0 Å². The van der Waals surface area contributed by atoms with Gasteiger partial charge in [0.2, 0.25) is 0 Å². The number of nitrogens with two attached hydrogens (primary N) is 1. The number of hydrogen-bond donors (Lipinski definition) is 1. The first-order chi connectivity index (χ1) is 7.25. The van der Waals surface area contributed by atoms with E-state index < -0.39 is 0 Å². The van der Waals surface area contributed by atoms with E-state index in [1.54, 1.807) is 0 Å². The van der Waals surface area contributed by atoms with Crippen LogP contribution in [0.5, 0.6) is 0 Å². The molecule has 0 aromatic carbocycles. The summed E-state index contributed by atoms with van der Waals surface area (Å²) in [5.74, 6) is 3.57. The molecule has 15 heavy (non-hydrogen) atoms. The Labute approximate surface area is 98.0 Å². The summed E-state index contributed by atoms with van der Waals surface area (Å²) in [7, 11) is 2.30. The summed E-state index contributed by atoms with van der Waals surface area (Å²) in [6.45, 7) is 1.28. The Morgan fingerprint density at radius 3 is 2.87 bits per heavy atom. The Bertz CT molecular complexity index is 192. The lowest BCUT2D eigenvalue weighted by Gasteiger charge is -2.32. The van der Waals surface area contributed by atoms with E-state index in [1.165, 1.54) is 50.2 Å². The van der Waals surface area contributed by atoms with Gasteiger partial charge in [-0.1, -0.05) is 6.42 Å². The lowest BCUT2D eigenvalue weighted by atomic mass is 9.85. The van der Waals surface area contributed by atoms with E-state index in [4.69, 9.17) is 5.73 Å². The van der Waals surface area contributed by atoms with Crippen molar-refractivity contribution >= 4 is 11.8 Å². The van der Waals surface area contributed by atoms with Gasteiger partial charge in [-0.2, -0.15) is 11.8 Å². The van der Waals surface area contributed by atoms with Crippen molar-refractivity contribution < 1.29 is 0 Å². The molecular weight excluding hydrogens is 204 g/mol. The van der Waals surface area contributed by atoms with Crippen LogP contribution in [-0.4, -0.2) is 42.1 Å². The molecule has 0 bridgehead atoms. The zero-order valence-electron chi connectivity index (χ0n) is 9.82. The molecule has 1 saturated carbocycles. The molecule has 3 unspecified atom stereocenters. The first-order valence-corrected chi connectivity index (χ1v) is 7.44. The highest BCUT2D eigenvalue weighted by molar-refractivity contribution is 7.99. The maximum atomic E-state index is 6.03. The minimum absolute atomic E-state index is 0.482. The van der Waals surface area contributed by atoms with Crippen molar-refractivity contribution in [3.8, 4) is 0 Å². The zero-order valence-corrected chi connectivity index (χ0v) is 10.6. The topological polar surface area (TPSA) is 29.3 Å². The predicted molar refractivity (Wildman–Crippen MR) is 68.3 cm³/mol. The molecule has 88 valence electrons. The highest BCUT2D eigenvalue weighted by atomic mass is 32.2. The largest absolute Gasteiger partial charge is 0.328 e. The van der Waals surface area contributed by atoms with Crippen LogP contribution in [0.3, 0.4) is 0 Å². The fraction of sp³-hybridized carbons (Fsp3) is 1.00. The molecule has 1 saturated heterocycles. The molecule has 3 heteroatoms. The van der Waals surface area contributed by atoms with Crippen LogP contribution in [0.15, 0.2) is 0 Å². The van der Waals surface area contributed by atoms with Crippen LogP contribution >= 0.6 is 11.8 Å². The van der Waals surface area contributed by atoms with Gasteiger partial charge in [0.05, 0.1) is 0 Å². The minimum Gasteiger partial charge on any atom is -0.328 e. The van der Waals surface area contributed by atoms with E-state index in [9.17, 15) is 0 Å². The van der Waals surface area contributed by atoms with Gasteiger partial charge >= 0.3 is 0 Å². The van der Waals surface area contributed by atoms with Gasteiger partial charge < -0.3 is 10.6 Å². The molecule has 1 aliphatic heterocycles. The second kappa shape index (κ2) is 5.55. The Morgan fingerprint density at radius 1 is 1.33 bits per heavy atom. The standard InChI is InChI=1S/C12H24N2S/c1-14(12-5-6-15-9-12)8-10-3-2-4-11(13)7-10/h10-12H,2-9,13H2,1H3. The van der Waals surface area contributed by atoms with Gasteiger partial charge in [-0.15, -0.1) is 0 Å². The fourth-order valence-corrected chi connectivity index (χ4v) is 4.22. The van der Waals surface area contributed by atoms with Crippen LogP contribution < -0.4 is 5.73 Å². The number of thioether (sulfide) groups is 1. The van der Waals surface area contributed by atoms with Gasteiger partial charge in [0.25, 0.3) is 0 Å². The maximum absolute atomic E-state index is 6.03. The summed E-state index contributed by atoms with van der Waals surface area (Å²) >= 11 is 2.11. The van der Waals surface area contributed by atoms with Crippen molar-refractivity contribution in [2.24, 2.45) is 11.7 Å². The van der Waals surface area contributed by atoms with Crippen molar-refractivity contribution in [1.82, 2.24) is 4.90 Å². The smallest absolute Gasteiger partial charge is 0.0191 e. The van der Waals surface area contributed by atoms with Crippen LogP contribution in [0.1, 0.15) is 32.1 Å². The highest BCUT2D eigenvalue weighted by Gasteiger charge is 2.25. The molecule has 3 atom stereocenters. The Kier molecular flexibility index (Phi) is 4.35. The lowest BCUT2D eigenvalue weighted by Crippen LogP contribution is -2.39. The lowest BCUT2D eigenvalue weighted by molar-refractivity contribution is 0.186. The summed E-state index contributed by atoms with van der Waals surface area (Å²) in [4.78, 5) is 2.59. The summed E-state index contributed by atoms with van der Waals surface area (Å²) in [6, 6.07) is 1.32. The molecule has 0 radical (unpaired) electrons. The highest BCUT2D eigenvalue weighted by Crippen LogP contribution is 2.27. The van der Waals surface area contributed by atoms with Crippen molar-refractivity contribution in [1.29, 1.82) is 0 Å².